The standard InChI is InChI=1S/C27H36N4O7/c1-15(2)12-23(27(37)38)31-26(36)22(14-18-6-10-20(33)11-7-18)30-24(34)16(3)29-25(35)21(28)13-17-4-8-19(32)9-5-17/h4-11,15-16,21-23,32-33H,12-14,28H2,1-3H3,(H,29,35)(H,30,34)(H,31,36)(H,37,38). The van der Waals surface area contributed by atoms with Gasteiger partial charge in [0.05, 0.1) is 6.04 Å². The van der Waals surface area contributed by atoms with Crippen LogP contribution in [0.15, 0.2) is 48.5 Å². The van der Waals surface area contributed by atoms with Gasteiger partial charge in [0.1, 0.15) is 29.6 Å². The van der Waals surface area contributed by atoms with E-state index in [4.69, 9.17) is 5.73 Å². The van der Waals surface area contributed by atoms with Crippen molar-refractivity contribution in [3.05, 3.63) is 59.7 Å². The summed E-state index contributed by atoms with van der Waals surface area (Å²) in [4.78, 5) is 50.2. The number of carboxylic acids is 1. The summed E-state index contributed by atoms with van der Waals surface area (Å²) in [6, 6.07) is 7.96. The third-order valence-electron chi connectivity index (χ3n) is 5.81. The molecule has 0 radical (unpaired) electrons. The molecule has 11 heteroatoms. The van der Waals surface area contributed by atoms with Gasteiger partial charge in [-0.1, -0.05) is 38.1 Å². The fourth-order valence-corrected chi connectivity index (χ4v) is 3.70. The maximum Gasteiger partial charge on any atom is 0.326 e. The molecule has 0 saturated carbocycles. The minimum absolute atomic E-state index is 0.00237. The molecule has 4 atom stereocenters. The van der Waals surface area contributed by atoms with Crippen molar-refractivity contribution in [2.75, 3.05) is 0 Å². The van der Waals surface area contributed by atoms with Crippen LogP contribution in [0.5, 0.6) is 11.5 Å². The Morgan fingerprint density at radius 3 is 1.66 bits per heavy atom. The lowest BCUT2D eigenvalue weighted by Crippen LogP contribution is -2.57. The number of nitrogens with one attached hydrogen (secondary N) is 3. The van der Waals surface area contributed by atoms with Crippen molar-refractivity contribution in [3.63, 3.8) is 0 Å². The van der Waals surface area contributed by atoms with Crippen LogP contribution in [0, 0.1) is 5.92 Å². The zero-order chi connectivity index (χ0) is 28.4. The number of hydrogen-bond acceptors (Lipinski definition) is 7. The van der Waals surface area contributed by atoms with E-state index in [0.29, 0.717) is 5.56 Å². The lowest BCUT2D eigenvalue weighted by molar-refractivity contribution is -0.142. The first-order valence-corrected chi connectivity index (χ1v) is 12.3. The van der Waals surface area contributed by atoms with Crippen molar-refractivity contribution in [1.82, 2.24) is 16.0 Å². The molecule has 0 heterocycles. The minimum Gasteiger partial charge on any atom is -0.508 e. The lowest BCUT2D eigenvalue weighted by atomic mass is 10.0. The van der Waals surface area contributed by atoms with E-state index in [9.17, 15) is 34.5 Å². The van der Waals surface area contributed by atoms with Crippen LogP contribution < -0.4 is 21.7 Å². The number of carbonyl (C=O) groups excluding carboxylic acids is 3. The van der Waals surface area contributed by atoms with Crippen LogP contribution in [0.2, 0.25) is 0 Å². The van der Waals surface area contributed by atoms with E-state index in [1.165, 1.54) is 31.2 Å². The highest BCUT2D eigenvalue weighted by Crippen LogP contribution is 2.13. The number of aromatic hydroxyl groups is 2. The van der Waals surface area contributed by atoms with Crippen molar-refractivity contribution in [2.24, 2.45) is 11.7 Å². The van der Waals surface area contributed by atoms with E-state index in [0.717, 1.165) is 5.56 Å². The molecular weight excluding hydrogens is 492 g/mol. The predicted molar refractivity (Wildman–Crippen MR) is 140 cm³/mol. The number of rotatable bonds is 13. The van der Waals surface area contributed by atoms with Gasteiger partial charge in [0.15, 0.2) is 0 Å². The van der Waals surface area contributed by atoms with Gasteiger partial charge in [0.25, 0.3) is 0 Å². The van der Waals surface area contributed by atoms with Crippen molar-refractivity contribution in [3.8, 4) is 11.5 Å². The van der Waals surface area contributed by atoms with E-state index in [-0.39, 0.29) is 36.7 Å². The third kappa shape index (κ3) is 9.74. The quantitative estimate of drug-likeness (QED) is 0.199. The third-order valence-corrected chi connectivity index (χ3v) is 5.81. The van der Waals surface area contributed by atoms with Gasteiger partial charge < -0.3 is 37.0 Å². The van der Waals surface area contributed by atoms with Gasteiger partial charge in [-0.2, -0.15) is 0 Å². The zero-order valence-electron chi connectivity index (χ0n) is 21.7. The number of nitrogens with two attached hydrogens (primary N) is 1. The number of carbonyl (C=O) groups is 4. The fourth-order valence-electron chi connectivity index (χ4n) is 3.70. The Balaban J connectivity index is 2.09. The number of benzene rings is 2. The summed E-state index contributed by atoms with van der Waals surface area (Å²) in [6.45, 7) is 5.10. The van der Waals surface area contributed by atoms with Gasteiger partial charge in [-0.05, 0) is 61.1 Å². The van der Waals surface area contributed by atoms with Crippen molar-refractivity contribution in [2.45, 2.75) is 64.2 Å². The van der Waals surface area contributed by atoms with Gasteiger partial charge in [-0.25, -0.2) is 4.79 Å². The molecule has 3 amide bonds. The molecule has 2 aromatic rings. The maximum absolute atomic E-state index is 13.1. The van der Waals surface area contributed by atoms with Crippen LogP contribution in [0.1, 0.15) is 38.3 Å². The van der Waals surface area contributed by atoms with Gasteiger partial charge in [0.2, 0.25) is 17.7 Å². The molecule has 0 aliphatic heterocycles. The largest absolute Gasteiger partial charge is 0.508 e. The van der Waals surface area contributed by atoms with Gasteiger partial charge >= 0.3 is 5.97 Å². The number of phenolic OH excluding ortho intramolecular Hbond substituents is 2. The molecule has 0 spiro atoms. The van der Waals surface area contributed by atoms with Crippen LogP contribution in [-0.4, -0.2) is 63.2 Å². The molecule has 0 aromatic heterocycles. The highest BCUT2D eigenvalue weighted by Gasteiger charge is 2.29. The molecule has 8 N–H and O–H groups in total. The molecule has 0 fully saturated rings. The second-order valence-corrected chi connectivity index (χ2v) is 9.67. The molecule has 206 valence electrons. The Bertz CT molecular complexity index is 1100. The highest BCUT2D eigenvalue weighted by molar-refractivity contribution is 5.94. The zero-order valence-corrected chi connectivity index (χ0v) is 21.7. The minimum atomic E-state index is -1.19. The van der Waals surface area contributed by atoms with Gasteiger partial charge in [-0.15, -0.1) is 0 Å². The second-order valence-electron chi connectivity index (χ2n) is 9.67. The summed E-state index contributed by atoms with van der Waals surface area (Å²) in [7, 11) is 0. The van der Waals surface area contributed by atoms with E-state index < -0.39 is 47.9 Å². The monoisotopic (exact) mass is 528 g/mol. The Morgan fingerprint density at radius 2 is 1.18 bits per heavy atom. The van der Waals surface area contributed by atoms with Crippen LogP contribution >= 0.6 is 0 Å². The molecule has 0 aliphatic carbocycles. The average molecular weight is 529 g/mol. The molecule has 2 aromatic carbocycles. The summed E-state index contributed by atoms with van der Waals surface area (Å²) >= 11 is 0. The van der Waals surface area contributed by atoms with Crippen molar-refractivity contribution >= 4 is 23.7 Å². The molecule has 0 aliphatic rings. The molecule has 4 unspecified atom stereocenters. The summed E-state index contributed by atoms with van der Waals surface area (Å²) in [6.07, 6.45) is 0.401. The van der Waals surface area contributed by atoms with E-state index in [2.05, 4.69) is 16.0 Å². The van der Waals surface area contributed by atoms with Crippen LogP contribution in [-0.2, 0) is 32.0 Å². The second kappa shape index (κ2) is 14.0. The first-order valence-electron chi connectivity index (χ1n) is 12.3. The molecule has 2 rings (SSSR count). The lowest BCUT2D eigenvalue weighted by Gasteiger charge is -2.24. The topological polar surface area (TPSA) is 191 Å². The van der Waals surface area contributed by atoms with Crippen molar-refractivity contribution in [1.29, 1.82) is 0 Å². The fraction of sp³-hybridized carbons (Fsp3) is 0.407. The smallest absolute Gasteiger partial charge is 0.326 e. The van der Waals surface area contributed by atoms with Gasteiger partial charge in [0, 0.05) is 6.42 Å². The van der Waals surface area contributed by atoms with Gasteiger partial charge in [-0.3, -0.25) is 14.4 Å². The Morgan fingerprint density at radius 1 is 0.711 bits per heavy atom. The predicted octanol–water partition coefficient (Wildman–Crippen LogP) is 0.815. The Hall–Kier alpha value is -4.12. The number of hydrogen-bond donors (Lipinski definition) is 7. The SMILES string of the molecule is CC(C)CC(NC(=O)C(Cc1ccc(O)cc1)NC(=O)C(C)NC(=O)C(N)Cc1ccc(O)cc1)C(=O)O. The molecule has 0 saturated heterocycles. The van der Waals surface area contributed by atoms with E-state index in [1.807, 2.05) is 13.8 Å². The van der Waals surface area contributed by atoms with Crippen molar-refractivity contribution < 1.29 is 34.5 Å². The maximum atomic E-state index is 13.1. The average Bonchev–Trinajstić information content (AvgIpc) is 2.85. The highest BCUT2D eigenvalue weighted by atomic mass is 16.4. The molecular formula is C27H36N4O7. The van der Waals surface area contributed by atoms with Crippen LogP contribution in [0.25, 0.3) is 0 Å². The first kappa shape index (κ1) is 30.1. The van der Waals surface area contributed by atoms with Crippen LogP contribution in [0.3, 0.4) is 0 Å². The van der Waals surface area contributed by atoms with E-state index in [1.54, 1.807) is 24.3 Å². The Labute approximate surface area is 221 Å². The summed E-state index contributed by atoms with van der Waals surface area (Å²) in [5.41, 5.74) is 7.32. The first-order chi connectivity index (χ1) is 17.8. The molecule has 0 bridgehead atoms. The van der Waals surface area contributed by atoms with Crippen LogP contribution in [0.4, 0.5) is 0 Å². The summed E-state index contributed by atoms with van der Waals surface area (Å²) in [5, 5.41) is 36.0. The normalized spacial score (nSPS) is 14.1. The van der Waals surface area contributed by atoms with E-state index >= 15 is 0 Å². The molecule has 11 nitrogen and oxygen atoms in total. The number of amides is 3. The number of carboxylic acid groups (broad SMARTS) is 1. The summed E-state index contributed by atoms with van der Waals surface area (Å²) in [5.74, 6) is -3.01. The number of aliphatic carboxylic acids is 1. The Kier molecular flexibility index (Phi) is 11.1. The summed E-state index contributed by atoms with van der Waals surface area (Å²) < 4.78 is 0. The number of phenols is 2. The molecule has 38 heavy (non-hydrogen) atoms.